The van der Waals surface area contributed by atoms with E-state index in [1.807, 2.05) is 23.7 Å². The highest BCUT2D eigenvalue weighted by atomic mass is 16.6. The van der Waals surface area contributed by atoms with Gasteiger partial charge >= 0.3 is 6.03 Å². The van der Waals surface area contributed by atoms with Crippen molar-refractivity contribution in [1.82, 2.24) is 14.7 Å². The van der Waals surface area contributed by atoms with Crippen LogP contribution in [0, 0.1) is 13.8 Å². The van der Waals surface area contributed by atoms with E-state index in [4.69, 9.17) is 9.47 Å². The van der Waals surface area contributed by atoms with Crippen molar-refractivity contribution >= 4 is 11.7 Å². The molecule has 2 amide bonds. The van der Waals surface area contributed by atoms with Crippen LogP contribution in [0.3, 0.4) is 0 Å². The van der Waals surface area contributed by atoms with E-state index in [1.165, 1.54) is 11.3 Å². The highest BCUT2D eigenvalue weighted by molar-refractivity contribution is 5.89. The van der Waals surface area contributed by atoms with E-state index < -0.39 is 0 Å². The molecule has 26 heavy (non-hydrogen) atoms. The molecule has 0 saturated heterocycles. The molecule has 0 fully saturated rings. The minimum atomic E-state index is -0.153. The fourth-order valence-electron chi connectivity index (χ4n) is 3.12. The lowest BCUT2D eigenvalue weighted by atomic mass is 10.1. The van der Waals surface area contributed by atoms with Crippen LogP contribution in [0.5, 0.6) is 11.5 Å². The molecule has 0 atom stereocenters. The average Bonchev–Trinajstić information content (AvgIpc) is 2.92. The second kappa shape index (κ2) is 7.68. The third kappa shape index (κ3) is 3.76. The molecule has 2 heterocycles. The molecule has 0 bridgehead atoms. The molecule has 140 valence electrons. The smallest absolute Gasteiger partial charge is 0.321 e. The Morgan fingerprint density at radius 3 is 2.69 bits per heavy atom. The highest BCUT2D eigenvalue weighted by Crippen LogP contribution is 2.32. The first-order chi connectivity index (χ1) is 12.5. The SMILES string of the molecule is CCn1nc(C)c(CCN(C)C(=O)Nc2ccc3c(c2)OCCO3)c1C. The topological polar surface area (TPSA) is 68.6 Å². The van der Waals surface area contributed by atoms with E-state index in [2.05, 4.69) is 24.3 Å². The molecule has 0 aliphatic carbocycles. The molecule has 3 rings (SSSR count). The maximum atomic E-state index is 12.5. The number of hydrogen-bond acceptors (Lipinski definition) is 4. The predicted molar refractivity (Wildman–Crippen MR) is 100 cm³/mol. The number of urea groups is 1. The molecule has 2 aromatic rings. The molecule has 0 unspecified atom stereocenters. The average molecular weight is 358 g/mol. The van der Waals surface area contributed by atoms with E-state index in [9.17, 15) is 4.79 Å². The Hall–Kier alpha value is -2.70. The Labute approximate surface area is 153 Å². The zero-order valence-corrected chi connectivity index (χ0v) is 15.8. The molecule has 1 aromatic carbocycles. The van der Waals surface area contributed by atoms with Crippen molar-refractivity contribution in [1.29, 1.82) is 0 Å². The van der Waals surface area contributed by atoms with Crippen LogP contribution in [0.2, 0.25) is 0 Å². The summed E-state index contributed by atoms with van der Waals surface area (Å²) in [4.78, 5) is 14.1. The maximum Gasteiger partial charge on any atom is 0.321 e. The van der Waals surface area contributed by atoms with Gasteiger partial charge in [-0.1, -0.05) is 0 Å². The van der Waals surface area contributed by atoms with Crippen LogP contribution in [-0.2, 0) is 13.0 Å². The first-order valence-electron chi connectivity index (χ1n) is 8.94. The highest BCUT2D eigenvalue weighted by Gasteiger charge is 2.16. The van der Waals surface area contributed by atoms with Gasteiger partial charge in [0.15, 0.2) is 11.5 Å². The quantitative estimate of drug-likeness (QED) is 0.892. The number of benzene rings is 1. The summed E-state index contributed by atoms with van der Waals surface area (Å²) in [5, 5.41) is 7.44. The van der Waals surface area contributed by atoms with E-state index >= 15 is 0 Å². The van der Waals surface area contributed by atoms with E-state index in [0.29, 0.717) is 36.9 Å². The Bertz CT molecular complexity index is 800. The van der Waals surface area contributed by atoms with Gasteiger partial charge < -0.3 is 19.7 Å². The van der Waals surface area contributed by atoms with Crippen molar-refractivity contribution in [2.75, 3.05) is 32.1 Å². The van der Waals surface area contributed by atoms with Crippen molar-refractivity contribution in [3.05, 3.63) is 35.2 Å². The van der Waals surface area contributed by atoms with Gasteiger partial charge in [-0.25, -0.2) is 4.79 Å². The van der Waals surface area contributed by atoms with Gasteiger partial charge in [0.05, 0.1) is 5.69 Å². The van der Waals surface area contributed by atoms with Crippen LogP contribution in [0.1, 0.15) is 23.9 Å². The summed E-state index contributed by atoms with van der Waals surface area (Å²) in [5.74, 6) is 1.37. The molecule has 1 aliphatic heterocycles. The fraction of sp³-hybridized carbons (Fsp3) is 0.474. The zero-order chi connectivity index (χ0) is 18.7. The largest absolute Gasteiger partial charge is 0.486 e. The summed E-state index contributed by atoms with van der Waals surface area (Å²) in [7, 11) is 1.79. The zero-order valence-electron chi connectivity index (χ0n) is 15.8. The number of amides is 2. The number of aromatic nitrogens is 2. The van der Waals surface area contributed by atoms with Crippen LogP contribution >= 0.6 is 0 Å². The lowest BCUT2D eigenvalue weighted by Crippen LogP contribution is -2.33. The standard InChI is InChI=1S/C19H26N4O3/c1-5-23-14(3)16(13(2)21-23)8-9-22(4)19(24)20-15-6-7-17-18(12-15)26-11-10-25-17/h6-7,12H,5,8-11H2,1-4H3,(H,20,24). The third-order valence-electron chi connectivity index (χ3n) is 4.67. The van der Waals surface area contributed by atoms with Crippen molar-refractivity contribution in [3.8, 4) is 11.5 Å². The lowest BCUT2D eigenvalue weighted by Gasteiger charge is -2.21. The van der Waals surface area contributed by atoms with Crippen molar-refractivity contribution in [2.45, 2.75) is 33.7 Å². The van der Waals surface area contributed by atoms with Crippen LogP contribution in [0.15, 0.2) is 18.2 Å². The van der Waals surface area contributed by atoms with E-state index in [-0.39, 0.29) is 6.03 Å². The van der Waals surface area contributed by atoms with Crippen LogP contribution in [0.25, 0.3) is 0 Å². The third-order valence-corrected chi connectivity index (χ3v) is 4.67. The Morgan fingerprint density at radius 1 is 1.27 bits per heavy atom. The normalized spacial score (nSPS) is 12.8. The lowest BCUT2D eigenvalue weighted by molar-refractivity contribution is 0.171. The predicted octanol–water partition coefficient (Wildman–Crippen LogP) is 3.00. The second-order valence-corrected chi connectivity index (χ2v) is 6.43. The number of nitrogens with zero attached hydrogens (tertiary/aromatic N) is 3. The number of nitrogens with one attached hydrogen (secondary N) is 1. The Balaban J connectivity index is 1.59. The molecule has 7 heteroatoms. The fourth-order valence-corrected chi connectivity index (χ4v) is 3.12. The number of hydrogen-bond donors (Lipinski definition) is 1. The van der Waals surface area contributed by atoms with Gasteiger partial charge in [0.2, 0.25) is 0 Å². The first kappa shape index (κ1) is 18.1. The molecule has 7 nitrogen and oxygen atoms in total. The number of carbonyl (C=O) groups is 1. The van der Waals surface area contributed by atoms with E-state index in [0.717, 1.165) is 18.7 Å². The number of ether oxygens (including phenoxy) is 2. The molecule has 1 N–H and O–H groups in total. The maximum absolute atomic E-state index is 12.5. The summed E-state index contributed by atoms with van der Waals surface area (Å²) in [5.41, 5.74) is 4.11. The summed E-state index contributed by atoms with van der Waals surface area (Å²) < 4.78 is 13.0. The van der Waals surface area contributed by atoms with E-state index in [1.54, 1.807) is 18.0 Å². The number of rotatable bonds is 5. The summed E-state index contributed by atoms with van der Waals surface area (Å²) in [6.45, 7) is 8.72. The Kier molecular flexibility index (Phi) is 5.35. The van der Waals surface area contributed by atoms with Gasteiger partial charge in [-0.3, -0.25) is 4.68 Å². The minimum Gasteiger partial charge on any atom is -0.486 e. The molecule has 1 aromatic heterocycles. The van der Waals surface area contributed by atoms with Gasteiger partial charge in [-0.2, -0.15) is 5.10 Å². The van der Waals surface area contributed by atoms with Crippen molar-refractivity contribution in [3.63, 3.8) is 0 Å². The number of anilines is 1. The van der Waals surface area contributed by atoms with Gasteiger partial charge in [-0.15, -0.1) is 0 Å². The van der Waals surface area contributed by atoms with Gasteiger partial charge in [-0.05, 0) is 44.9 Å². The van der Waals surface area contributed by atoms with Crippen LogP contribution < -0.4 is 14.8 Å². The summed E-state index contributed by atoms with van der Waals surface area (Å²) in [6, 6.07) is 5.27. The number of fused-ring (bicyclic) bond motifs is 1. The molecule has 0 spiro atoms. The monoisotopic (exact) mass is 358 g/mol. The van der Waals surface area contributed by atoms with Gasteiger partial charge in [0, 0.05) is 37.6 Å². The molecular formula is C19H26N4O3. The number of carbonyl (C=O) groups excluding carboxylic acids is 1. The van der Waals surface area contributed by atoms with Crippen LogP contribution in [0.4, 0.5) is 10.5 Å². The van der Waals surface area contributed by atoms with Gasteiger partial charge in [0.25, 0.3) is 0 Å². The summed E-state index contributed by atoms with van der Waals surface area (Å²) >= 11 is 0. The van der Waals surface area contributed by atoms with Gasteiger partial charge in [0.1, 0.15) is 13.2 Å². The van der Waals surface area contributed by atoms with Crippen molar-refractivity contribution in [2.24, 2.45) is 0 Å². The number of aryl methyl sites for hydroxylation is 2. The Morgan fingerprint density at radius 2 is 2.00 bits per heavy atom. The summed E-state index contributed by atoms with van der Waals surface area (Å²) in [6.07, 6.45) is 0.780. The molecule has 0 saturated carbocycles. The molecule has 1 aliphatic rings. The van der Waals surface area contributed by atoms with Crippen LogP contribution in [-0.4, -0.2) is 47.5 Å². The minimum absolute atomic E-state index is 0.153. The van der Waals surface area contributed by atoms with Crippen molar-refractivity contribution < 1.29 is 14.3 Å². The first-order valence-corrected chi connectivity index (χ1v) is 8.94. The molecule has 0 radical (unpaired) electrons. The second-order valence-electron chi connectivity index (χ2n) is 6.43. The molecular weight excluding hydrogens is 332 g/mol. The number of likely N-dealkylation sites (N-methyl/N-ethyl adjacent to an activating group) is 1.